The molecule has 6 nitrogen and oxygen atoms in total. The highest BCUT2D eigenvalue weighted by molar-refractivity contribution is 7.91. The molecule has 1 fully saturated rings. The quantitative estimate of drug-likeness (QED) is 0.508. The van der Waals surface area contributed by atoms with E-state index in [-0.39, 0.29) is 11.5 Å². The number of hydrogen-bond acceptors (Lipinski definition) is 4. The van der Waals surface area contributed by atoms with Crippen LogP contribution in [0.15, 0.2) is 4.99 Å². The van der Waals surface area contributed by atoms with Crippen molar-refractivity contribution in [3.8, 4) is 0 Å². The number of sulfone groups is 1. The lowest BCUT2D eigenvalue weighted by Crippen LogP contribution is -2.42. The molecule has 1 heterocycles. The van der Waals surface area contributed by atoms with Crippen LogP contribution >= 0.6 is 0 Å². The van der Waals surface area contributed by atoms with E-state index < -0.39 is 9.84 Å². The predicted octanol–water partition coefficient (Wildman–Crippen LogP) is 0.836. The Balaban J connectivity index is 2.17. The van der Waals surface area contributed by atoms with Gasteiger partial charge in [0.15, 0.2) is 15.8 Å². The molecule has 0 aromatic heterocycles. The van der Waals surface area contributed by atoms with Gasteiger partial charge in [-0.15, -0.1) is 0 Å². The Morgan fingerprint density at radius 2 is 1.86 bits per heavy atom. The zero-order valence-electron chi connectivity index (χ0n) is 14.2. The third-order valence-corrected chi connectivity index (χ3v) is 5.56. The molecule has 22 heavy (non-hydrogen) atoms. The summed E-state index contributed by atoms with van der Waals surface area (Å²) in [5.41, 5.74) is 5.89. The summed E-state index contributed by atoms with van der Waals surface area (Å²) in [6.45, 7) is 9.18. The number of nitrogens with one attached hydrogen (secondary N) is 1. The molecule has 3 N–H and O–H groups in total. The highest BCUT2D eigenvalue weighted by atomic mass is 32.2. The minimum absolute atomic E-state index is 0.261. The third-order valence-electron chi connectivity index (χ3n) is 3.95. The number of nitrogens with two attached hydrogens (primary N) is 1. The van der Waals surface area contributed by atoms with Gasteiger partial charge < -0.3 is 11.1 Å². The molecule has 0 bridgehead atoms. The third kappa shape index (κ3) is 8.58. The molecule has 7 heteroatoms. The Morgan fingerprint density at radius 1 is 1.23 bits per heavy atom. The maximum Gasteiger partial charge on any atom is 0.188 e. The zero-order valence-corrected chi connectivity index (χ0v) is 15.0. The van der Waals surface area contributed by atoms with Gasteiger partial charge in [0.2, 0.25) is 0 Å². The molecule has 0 aromatic rings. The average Bonchev–Trinajstić information content (AvgIpc) is 2.40. The van der Waals surface area contributed by atoms with Crippen LogP contribution < -0.4 is 11.1 Å². The van der Waals surface area contributed by atoms with Gasteiger partial charge in [-0.3, -0.25) is 9.89 Å². The van der Waals surface area contributed by atoms with Crippen LogP contribution in [-0.2, 0) is 9.84 Å². The van der Waals surface area contributed by atoms with E-state index in [1.165, 1.54) is 12.8 Å². The van der Waals surface area contributed by atoms with Crippen LogP contribution in [0.1, 0.15) is 40.0 Å². The Hall–Kier alpha value is -0.820. The van der Waals surface area contributed by atoms with E-state index in [0.29, 0.717) is 31.6 Å². The molecule has 0 amide bonds. The van der Waals surface area contributed by atoms with Gasteiger partial charge in [-0.2, -0.15) is 0 Å². The van der Waals surface area contributed by atoms with Crippen LogP contribution in [0.4, 0.5) is 0 Å². The Labute approximate surface area is 135 Å². The van der Waals surface area contributed by atoms with Crippen molar-refractivity contribution in [2.45, 2.75) is 46.1 Å². The van der Waals surface area contributed by atoms with E-state index in [1.54, 1.807) is 0 Å². The van der Waals surface area contributed by atoms with Gasteiger partial charge >= 0.3 is 0 Å². The Bertz CT molecular complexity index is 434. The lowest BCUT2D eigenvalue weighted by molar-refractivity contribution is 0.304. The largest absolute Gasteiger partial charge is 0.370 e. The first kappa shape index (κ1) is 19.2. The summed E-state index contributed by atoms with van der Waals surface area (Å²) in [5, 5.41) is 3.22. The van der Waals surface area contributed by atoms with Gasteiger partial charge in [-0.05, 0) is 19.3 Å². The second-order valence-electron chi connectivity index (χ2n) is 6.63. The van der Waals surface area contributed by atoms with Crippen LogP contribution in [0.25, 0.3) is 0 Å². The zero-order chi connectivity index (χ0) is 16.6. The SMILES string of the molecule is CC(C)CCCC(C)NC(N)=NCCN1CCS(=O)(=O)CC1. The summed E-state index contributed by atoms with van der Waals surface area (Å²) in [6, 6.07) is 0.336. The lowest BCUT2D eigenvalue weighted by Gasteiger charge is -2.25. The number of nitrogens with zero attached hydrogens (tertiary/aromatic N) is 2. The van der Waals surface area contributed by atoms with Gasteiger partial charge in [0.25, 0.3) is 0 Å². The molecule has 0 aromatic carbocycles. The predicted molar refractivity (Wildman–Crippen MR) is 92.9 cm³/mol. The standard InChI is InChI=1S/C15H32N4O2S/c1-13(2)5-4-6-14(3)18-15(16)17-7-8-19-9-11-22(20,21)12-10-19/h13-14H,4-12H2,1-3H3,(H3,16,17,18). The molecular formula is C15H32N4O2S. The number of rotatable bonds is 8. The summed E-state index contributed by atoms with van der Waals surface area (Å²) in [6.07, 6.45) is 3.53. The lowest BCUT2D eigenvalue weighted by atomic mass is 10.0. The molecule has 0 radical (unpaired) electrons. The van der Waals surface area contributed by atoms with Crippen LogP contribution in [0, 0.1) is 5.92 Å². The summed E-state index contributed by atoms with van der Waals surface area (Å²) < 4.78 is 22.7. The average molecular weight is 333 g/mol. The number of guanidine groups is 1. The van der Waals surface area contributed by atoms with E-state index in [4.69, 9.17) is 5.73 Å². The van der Waals surface area contributed by atoms with Crippen LogP contribution in [0.3, 0.4) is 0 Å². The van der Waals surface area contributed by atoms with Crippen molar-refractivity contribution < 1.29 is 8.42 Å². The maximum atomic E-state index is 11.3. The van der Waals surface area contributed by atoms with E-state index in [9.17, 15) is 8.42 Å². The fourth-order valence-corrected chi connectivity index (χ4v) is 3.77. The minimum Gasteiger partial charge on any atom is -0.370 e. The number of aliphatic imine (C=N–C) groups is 1. The summed E-state index contributed by atoms with van der Waals surface area (Å²) in [4.78, 5) is 6.46. The second-order valence-corrected chi connectivity index (χ2v) is 8.93. The monoisotopic (exact) mass is 332 g/mol. The smallest absolute Gasteiger partial charge is 0.188 e. The summed E-state index contributed by atoms with van der Waals surface area (Å²) in [5.74, 6) is 1.75. The first-order valence-corrected chi connectivity index (χ1v) is 10.1. The van der Waals surface area contributed by atoms with Gasteiger partial charge in [0.1, 0.15) is 0 Å². The van der Waals surface area contributed by atoms with Gasteiger partial charge in [-0.1, -0.05) is 26.7 Å². The van der Waals surface area contributed by atoms with Crippen molar-refractivity contribution in [2.75, 3.05) is 37.7 Å². The molecule has 0 saturated carbocycles. The van der Waals surface area contributed by atoms with E-state index >= 15 is 0 Å². The first-order valence-electron chi connectivity index (χ1n) is 8.28. The van der Waals surface area contributed by atoms with Crippen molar-refractivity contribution in [1.82, 2.24) is 10.2 Å². The molecule has 1 rings (SSSR count). The molecule has 130 valence electrons. The van der Waals surface area contributed by atoms with Crippen molar-refractivity contribution >= 4 is 15.8 Å². The van der Waals surface area contributed by atoms with Crippen LogP contribution in [0.5, 0.6) is 0 Å². The molecular weight excluding hydrogens is 300 g/mol. The van der Waals surface area contributed by atoms with Crippen LogP contribution in [0.2, 0.25) is 0 Å². The van der Waals surface area contributed by atoms with Crippen molar-refractivity contribution in [3.63, 3.8) is 0 Å². The first-order chi connectivity index (χ1) is 10.3. The molecule has 1 atom stereocenters. The van der Waals surface area contributed by atoms with Gasteiger partial charge in [0, 0.05) is 25.7 Å². The molecule has 1 aliphatic rings. The minimum atomic E-state index is -2.80. The molecule has 1 unspecified atom stereocenters. The van der Waals surface area contributed by atoms with Crippen molar-refractivity contribution in [2.24, 2.45) is 16.6 Å². The highest BCUT2D eigenvalue weighted by Gasteiger charge is 2.20. The molecule has 0 aliphatic carbocycles. The fourth-order valence-electron chi connectivity index (χ4n) is 2.49. The molecule has 0 spiro atoms. The van der Waals surface area contributed by atoms with Gasteiger partial charge in [-0.25, -0.2) is 8.42 Å². The molecule has 1 aliphatic heterocycles. The normalized spacial score (nSPS) is 21.0. The van der Waals surface area contributed by atoms with E-state index in [2.05, 4.69) is 36.0 Å². The van der Waals surface area contributed by atoms with Crippen LogP contribution in [-0.4, -0.2) is 63.0 Å². The Morgan fingerprint density at radius 3 is 2.45 bits per heavy atom. The summed E-state index contributed by atoms with van der Waals surface area (Å²) >= 11 is 0. The highest BCUT2D eigenvalue weighted by Crippen LogP contribution is 2.08. The molecule has 1 saturated heterocycles. The second kappa shape index (κ2) is 9.35. The van der Waals surface area contributed by atoms with Crippen molar-refractivity contribution in [1.29, 1.82) is 0 Å². The Kier molecular flexibility index (Phi) is 8.17. The van der Waals surface area contributed by atoms with Crippen molar-refractivity contribution in [3.05, 3.63) is 0 Å². The van der Waals surface area contributed by atoms with E-state index in [0.717, 1.165) is 18.9 Å². The van der Waals surface area contributed by atoms with Gasteiger partial charge in [0.05, 0.1) is 18.1 Å². The van der Waals surface area contributed by atoms with E-state index in [1.807, 2.05) is 0 Å². The maximum absolute atomic E-state index is 11.3. The number of hydrogen-bond donors (Lipinski definition) is 2. The fraction of sp³-hybridized carbons (Fsp3) is 0.933. The topological polar surface area (TPSA) is 87.8 Å². The summed E-state index contributed by atoms with van der Waals surface area (Å²) in [7, 11) is -2.80.